The number of methoxy groups -OCH3 is 1. The van der Waals surface area contributed by atoms with E-state index in [1.165, 1.54) is 37.0 Å². The Hall–Kier alpha value is -4.25. The molecule has 0 spiro atoms. The smallest absolute Gasteiger partial charge is 0.379 e. The summed E-state index contributed by atoms with van der Waals surface area (Å²) in [7, 11) is 1.27. The molecule has 35 heavy (non-hydrogen) atoms. The third-order valence-electron chi connectivity index (χ3n) is 5.21. The fraction of sp³-hybridized carbons (Fsp3) is 0.208. The van der Waals surface area contributed by atoms with Crippen LogP contribution in [0.2, 0.25) is 0 Å². The highest BCUT2D eigenvalue weighted by Gasteiger charge is 2.28. The molecule has 2 N–H and O–H groups in total. The Kier molecular flexibility index (Phi) is 7.36. The molecule has 180 valence electrons. The highest BCUT2D eigenvalue weighted by Crippen LogP contribution is 2.38. The van der Waals surface area contributed by atoms with E-state index in [2.05, 4.69) is 15.8 Å². The minimum atomic E-state index is -1.03. The summed E-state index contributed by atoms with van der Waals surface area (Å²) in [4.78, 5) is 50.2. The Bertz CT molecular complexity index is 1290. The number of aryl methyl sites for hydroxylation is 1. The van der Waals surface area contributed by atoms with E-state index >= 15 is 0 Å². The van der Waals surface area contributed by atoms with Crippen LogP contribution in [0.4, 0.5) is 5.00 Å². The molecular formula is C24H21N3O7S. The lowest BCUT2D eigenvalue weighted by molar-refractivity contribution is -0.136. The lowest BCUT2D eigenvalue weighted by Crippen LogP contribution is -2.32. The van der Waals surface area contributed by atoms with Crippen LogP contribution in [-0.4, -0.2) is 37.1 Å². The normalized spacial score (nSPS) is 12.6. The van der Waals surface area contributed by atoms with Gasteiger partial charge >= 0.3 is 23.8 Å². The van der Waals surface area contributed by atoms with Gasteiger partial charge in [-0.25, -0.2) is 15.0 Å². The van der Waals surface area contributed by atoms with Crippen molar-refractivity contribution >= 4 is 46.3 Å². The Morgan fingerprint density at radius 2 is 1.83 bits per heavy atom. The molecule has 0 bridgehead atoms. The van der Waals surface area contributed by atoms with E-state index in [9.17, 15) is 19.2 Å². The van der Waals surface area contributed by atoms with Gasteiger partial charge in [-0.05, 0) is 55.5 Å². The number of rotatable bonds is 6. The van der Waals surface area contributed by atoms with Gasteiger partial charge in [0, 0.05) is 10.4 Å². The number of furan rings is 1. The molecule has 4 rings (SSSR count). The Morgan fingerprint density at radius 3 is 2.60 bits per heavy atom. The zero-order chi connectivity index (χ0) is 24.8. The van der Waals surface area contributed by atoms with Gasteiger partial charge in [0.1, 0.15) is 10.8 Å². The molecule has 2 aromatic heterocycles. The number of nitrogens with zero attached hydrogens (tertiary/aromatic N) is 1. The van der Waals surface area contributed by atoms with Crippen LogP contribution in [0.1, 0.15) is 49.8 Å². The molecule has 1 aliphatic carbocycles. The van der Waals surface area contributed by atoms with Crippen LogP contribution in [0.3, 0.4) is 0 Å². The number of ether oxygens (including phenoxy) is 2. The molecular weight excluding hydrogens is 474 g/mol. The third-order valence-corrected chi connectivity index (χ3v) is 6.42. The molecule has 2 heterocycles. The number of amides is 2. The summed E-state index contributed by atoms with van der Waals surface area (Å²) in [5.41, 5.74) is 3.67. The summed E-state index contributed by atoms with van der Waals surface area (Å²) >= 11 is 1.27. The summed E-state index contributed by atoms with van der Waals surface area (Å²) in [6.07, 6.45) is 6.04. The average molecular weight is 496 g/mol. The minimum absolute atomic E-state index is 0.0308. The van der Waals surface area contributed by atoms with Crippen molar-refractivity contribution in [3.8, 4) is 5.75 Å². The second kappa shape index (κ2) is 10.8. The van der Waals surface area contributed by atoms with E-state index in [-0.39, 0.29) is 16.5 Å². The standard InChI is InChI=1S/C24H21N3O7S/c1-32-24(31)19-15-8-3-5-11-18(15)35-22(19)26-20(28)21(29)27-25-13-14-7-2-4-9-16(14)34-23(30)17-10-6-12-33-17/h2,4,6-7,9-10,12-13H,3,5,8,11H2,1H3,(H,26,28)(H,27,29)/b25-13+. The van der Waals surface area contributed by atoms with Gasteiger partial charge < -0.3 is 19.2 Å². The van der Waals surface area contributed by atoms with Gasteiger partial charge in [0.25, 0.3) is 0 Å². The van der Waals surface area contributed by atoms with Crippen LogP contribution >= 0.6 is 11.3 Å². The molecule has 1 aromatic carbocycles. The number of benzene rings is 1. The quantitative estimate of drug-likeness (QED) is 0.176. The predicted octanol–water partition coefficient (Wildman–Crippen LogP) is 3.31. The van der Waals surface area contributed by atoms with E-state index < -0.39 is 23.8 Å². The molecule has 0 atom stereocenters. The molecule has 11 heteroatoms. The molecule has 1 aliphatic rings. The number of nitrogens with one attached hydrogen (secondary N) is 2. The summed E-state index contributed by atoms with van der Waals surface area (Å²) in [6.45, 7) is 0. The largest absolute Gasteiger partial charge is 0.465 e. The molecule has 3 aromatic rings. The van der Waals surface area contributed by atoms with Crippen molar-refractivity contribution in [1.29, 1.82) is 0 Å². The number of carbonyl (C=O) groups is 4. The van der Waals surface area contributed by atoms with E-state index in [0.29, 0.717) is 17.5 Å². The maximum Gasteiger partial charge on any atom is 0.379 e. The van der Waals surface area contributed by atoms with Gasteiger partial charge in [-0.2, -0.15) is 5.10 Å². The molecule has 0 unspecified atom stereocenters. The highest BCUT2D eigenvalue weighted by atomic mass is 32.1. The Balaban J connectivity index is 1.41. The zero-order valence-electron chi connectivity index (χ0n) is 18.7. The first kappa shape index (κ1) is 23.9. The maximum atomic E-state index is 12.5. The number of thiophene rings is 1. The fourth-order valence-corrected chi connectivity index (χ4v) is 4.84. The monoisotopic (exact) mass is 495 g/mol. The van der Waals surface area contributed by atoms with E-state index in [1.807, 2.05) is 0 Å². The lowest BCUT2D eigenvalue weighted by Gasteiger charge is -2.11. The summed E-state index contributed by atoms with van der Waals surface area (Å²) in [5.74, 6) is -3.05. The average Bonchev–Trinajstić information content (AvgIpc) is 3.52. The van der Waals surface area contributed by atoms with Crippen molar-refractivity contribution in [2.45, 2.75) is 25.7 Å². The third kappa shape index (κ3) is 5.46. The Labute approximate surface area is 203 Å². The van der Waals surface area contributed by atoms with Gasteiger partial charge in [0.05, 0.1) is 25.2 Å². The fourth-order valence-electron chi connectivity index (χ4n) is 3.57. The number of hydrogen-bond acceptors (Lipinski definition) is 9. The summed E-state index contributed by atoms with van der Waals surface area (Å²) < 4.78 is 15.2. The van der Waals surface area contributed by atoms with Crippen molar-refractivity contribution in [3.05, 3.63) is 70.0 Å². The van der Waals surface area contributed by atoms with Crippen molar-refractivity contribution in [2.75, 3.05) is 12.4 Å². The maximum absolute atomic E-state index is 12.5. The molecule has 10 nitrogen and oxygen atoms in total. The van der Waals surface area contributed by atoms with Gasteiger partial charge in [-0.1, -0.05) is 12.1 Å². The molecule has 0 fully saturated rings. The number of carbonyl (C=O) groups excluding carboxylic acids is 4. The topological polar surface area (TPSA) is 136 Å². The van der Waals surface area contributed by atoms with E-state index in [4.69, 9.17) is 13.9 Å². The van der Waals surface area contributed by atoms with Crippen LogP contribution in [0, 0.1) is 0 Å². The first-order chi connectivity index (χ1) is 17.0. The number of fused-ring (bicyclic) bond motifs is 1. The van der Waals surface area contributed by atoms with Crippen LogP contribution in [0.5, 0.6) is 5.75 Å². The molecule has 0 saturated heterocycles. The van der Waals surface area contributed by atoms with Crippen LogP contribution in [0.25, 0.3) is 0 Å². The number of hydrazone groups is 1. The van der Waals surface area contributed by atoms with Crippen molar-refractivity contribution in [3.63, 3.8) is 0 Å². The summed E-state index contributed by atoms with van der Waals surface area (Å²) in [6, 6.07) is 9.53. The second-order valence-corrected chi connectivity index (χ2v) is 8.57. The summed E-state index contributed by atoms with van der Waals surface area (Å²) in [5, 5.41) is 6.56. The van der Waals surface area contributed by atoms with Gasteiger partial charge in [-0.3, -0.25) is 9.59 Å². The molecule has 0 saturated carbocycles. The van der Waals surface area contributed by atoms with Crippen LogP contribution in [0.15, 0.2) is 52.2 Å². The van der Waals surface area contributed by atoms with Gasteiger partial charge in [-0.15, -0.1) is 11.3 Å². The number of anilines is 1. The lowest BCUT2D eigenvalue weighted by atomic mass is 9.95. The number of esters is 2. The Morgan fingerprint density at radius 1 is 1.03 bits per heavy atom. The first-order valence-electron chi connectivity index (χ1n) is 10.7. The van der Waals surface area contributed by atoms with Crippen LogP contribution in [-0.2, 0) is 27.2 Å². The van der Waals surface area contributed by atoms with E-state index in [0.717, 1.165) is 29.7 Å². The zero-order valence-corrected chi connectivity index (χ0v) is 19.5. The molecule has 0 aliphatic heterocycles. The first-order valence-corrected chi connectivity index (χ1v) is 11.5. The number of hydrogen-bond donors (Lipinski definition) is 2. The SMILES string of the molecule is COC(=O)c1c(NC(=O)C(=O)N/N=C/c2ccccc2OC(=O)c2ccco2)sc2c1CCCC2. The second-order valence-electron chi connectivity index (χ2n) is 7.46. The van der Waals surface area contributed by atoms with Crippen molar-refractivity contribution < 1.29 is 33.1 Å². The van der Waals surface area contributed by atoms with Crippen LogP contribution < -0.4 is 15.5 Å². The number of para-hydroxylation sites is 1. The van der Waals surface area contributed by atoms with E-state index in [1.54, 1.807) is 30.3 Å². The van der Waals surface area contributed by atoms with Crippen molar-refractivity contribution in [2.24, 2.45) is 5.10 Å². The van der Waals surface area contributed by atoms with Gasteiger partial charge in [0.2, 0.25) is 5.76 Å². The molecule has 0 radical (unpaired) electrons. The van der Waals surface area contributed by atoms with Gasteiger partial charge in [0.15, 0.2) is 0 Å². The minimum Gasteiger partial charge on any atom is -0.465 e. The molecule has 2 amide bonds. The highest BCUT2D eigenvalue weighted by molar-refractivity contribution is 7.17. The predicted molar refractivity (Wildman–Crippen MR) is 127 cm³/mol. The van der Waals surface area contributed by atoms with Crippen molar-refractivity contribution in [1.82, 2.24) is 5.43 Å².